The van der Waals surface area contributed by atoms with Crippen LogP contribution in [0.1, 0.15) is 56.7 Å². The summed E-state index contributed by atoms with van der Waals surface area (Å²) in [7, 11) is 2.23. The molecule has 1 unspecified atom stereocenters. The predicted octanol–water partition coefficient (Wildman–Crippen LogP) is 3.90. The van der Waals surface area contributed by atoms with Crippen LogP contribution in [0.2, 0.25) is 0 Å². The number of aryl methyl sites for hydroxylation is 1. The Morgan fingerprint density at radius 2 is 1.75 bits per heavy atom. The molecule has 1 saturated carbocycles. The van der Waals surface area contributed by atoms with Crippen LogP contribution in [-0.4, -0.2) is 24.5 Å². The molecule has 1 aromatic rings. The van der Waals surface area contributed by atoms with E-state index in [4.69, 9.17) is 5.73 Å². The molecule has 2 heteroatoms. The van der Waals surface area contributed by atoms with E-state index in [1.165, 1.54) is 36.8 Å². The highest BCUT2D eigenvalue weighted by Crippen LogP contribution is 2.36. The van der Waals surface area contributed by atoms with Crippen molar-refractivity contribution >= 4 is 0 Å². The van der Waals surface area contributed by atoms with Crippen LogP contribution in [0.4, 0.5) is 0 Å². The number of benzene rings is 1. The molecule has 1 atom stereocenters. The second kappa shape index (κ2) is 6.28. The summed E-state index contributed by atoms with van der Waals surface area (Å²) in [4.78, 5) is 2.47. The number of nitrogens with zero attached hydrogens (tertiary/aromatic N) is 1. The maximum atomic E-state index is 6.36. The summed E-state index contributed by atoms with van der Waals surface area (Å²) < 4.78 is 0. The van der Waals surface area contributed by atoms with E-state index in [1.807, 2.05) is 0 Å². The van der Waals surface area contributed by atoms with E-state index in [0.29, 0.717) is 11.5 Å². The molecule has 2 N–H and O–H groups in total. The molecule has 0 aliphatic heterocycles. The average Bonchev–Trinajstić information content (AvgIpc) is 2.39. The standard InChI is InChI=1S/C18H30N2/c1-14-5-7-15(8-6-14)17(19)13-20(4)16-9-11-18(2,3)12-10-16/h5-8,16-17H,9-13,19H2,1-4H3. The molecule has 0 spiro atoms. The Bertz CT molecular complexity index is 412. The number of rotatable bonds is 4. The molecule has 0 aromatic heterocycles. The van der Waals surface area contributed by atoms with Crippen LogP contribution in [0, 0.1) is 12.3 Å². The molecule has 1 fully saturated rings. The van der Waals surface area contributed by atoms with Crippen LogP contribution in [0.3, 0.4) is 0 Å². The lowest BCUT2D eigenvalue weighted by atomic mass is 9.75. The molecule has 1 aliphatic rings. The van der Waals surface area contributed by atoms with Crippen molar-refractivity contribution in [2.45, 2.75) is 58.5 Å². The molecule has 0 amide bonds. The predicted molar refractivity (Wildman–Crippen MR) is 86.8 cm³/mol. The highest BCUT2D eigenvalue weighted by atomic mass is 15.1. The lowest BCUT2D eigenvalue weighted by molar-refractivity contribution is 0.123. The third kappa shape index (κ3) is 4.07. The van der Waals surface area contributed by atoms with Crippen molar-refractivity contribution in [3.63, 3.8) is 0 Å². The van der Waals surface area contributed by atoms with Gasteiger partial charge in [-0.25, -0.2) is 0 Å². The first-order chi connectivity index (χ1) is 9.37. The topological polar surface area (TPSA) is 29.3 Å². The van der Waals surface area contributed by atoms with Crippen molar-refractivity contribution < 1.29 is 0 Å². The summed E-state index contributed by atoms with van der Waals surface area (Å²) >= 11 is 0. The van der Waals surface area contributed by atoms with Gasteiger partial charge in [0.2, 0.25) is 0 Å². The molecule has 0 saturated heterocycles. The molecule has 0 bridgehead atoms. The summed E-state index contributed by atoms with van der Waals surface area (Å²) in [5.74, 6) is 0. The van der Waals surface area contributed by atoms with E-state index in [-0.39, 0.29) is 6.04 Å². The quantitative estimate of drug-likeness (QED) is 0.902. The molecule has 2 rings (SSSR count). The first-order valence-corrected chi connectivity index (χ1v) is 7.90. The summed E-state index contributed by atoms with van der Waals surface area (Å²) in [5, 5.41) is 0. The maximum Gasteiger partial charge on any atom is 0.0424 e. The summed E-state index contributed by atoms with van der Waals surface area (Å²) in [6, 6.07) is 9.46. The van der Waals surface area contributed by atoms with Crippen molar-refractivity contribution in [1.29, 1.82) is 0 Å². The zero-order chi connectivity index (χ0) is 14.8. The van der Waals surface area contributed by atoms with Gasteiger partial charge in [-0.05, 0) is 50.6 Å². The van der Waals surface area contributed by atoms with E-state index in [2.05, 4.69) is 57.0 Å². The highest BCUT2D eigenvalue weighted by molar-refractivity contribution is 5.24. The Kier molecular flexibility index (Phi) is 4.87. The molecule has 1 aliphatic carbocycles. The van der Waals surface area contributed by atoms with Gasteiger partial charge >= 0.3 is 0 Å². The third-order valence-corrected chi connectivity index (χ3v) is 4.92. The molecule has 0 radical (unpaired) electrons. The van der Waals surface area contributed by atoms with Crippen LogP contribution in [0.5, 0.6) is 0 Å². The summed E-state index contributed by atoms with van der Waals surface area (Å²) in [5.41, 5.74) is 9.45. The second-order valence-electron chi connectivity index (χ2n) is 7.35. The van der Waals surface area contributed by atoms with Gasteiger partial charge in [0.25, 0.3) is 0 Å². The van der Waals surface area contributed by atoms with Gasteiger partial charge in [0.05, 0.1) is 0 Å². The SMILES string of the molecule is Cc1ccc(C(N)CN(C)C2CCC(C)(C)CC2)cc1. The van der Waals surface area contributed by atoms with Crippen molar-refractivity contribution in [2.75, 3.05) is 13.6 Å². The zero-order valence-electron chi connectivity index (χ0n) is 13.5. The Morgan fingerprint density at radius 3 is 2.30 bits per heavy atom. The Labute approximate surface area is 124 Å². The Hall–Kier alpha value is -0.860. The molecule has 2 nitrogen and oxygen atoms in total. The lowest BCUT2D eigenvalue weighted by Gasteiger charge is -2.39. The van der Waals surface area contributed by atoms with Crippen LogP contribution in [0.25, 0.3) is 0 Å². The fourth-order valence-corrected chi connectivity index (χ4v) is 3.20. The van der Waals surface area contributed by atoms with Gasteiger partial charge in [-0.2, -0.15) is 0 Å². The van der Waals surface area contributed by atoms with Gasteiger partial charge in [0.1, 0.15) is 0 Å². The van der Waals surface area contributed by atoms with Crippen LogP contribution < -0.4 is 5.73 Å². The summed E-state index contributed by atoms with van der Waals surface area (Å²) in [6.45, 7) is 7.85. The average molecular weight is 274 g/mol. The molecule has 0 heterocycles. The van der Waals surface area contributed by atoms with E-state index >= 15 is 0 Å². The van der Waals surface area contributed by atoms with E-state index < -0.39 is 0 Å². The normalized spacial score (nSPS) is 21.1. The minimum Gasteiger partial charge on any atom is -0.323 e. The highest BCUT2D eigenvalue weighted by Gasteiger charge is 2.29. The molecule has 112 valence electrons. The van der Waals surface area contributed by atoms with Crippen molar-refractivity contribution in [3.05, 3.63) is 35.4 Å². The third-order valence-electron chi connectivity index (χ3n) is 4.92. The monoisotopic (exact) mass is 274 g/mol. The van der Waals surface area contributed by atoms with Gasteiger partial charge < -0.3 is 10.6 Å². The van der Waals surface area contributed by atoms with Gasteiger partial charge in [-0.3, -0.25) is 0 Å². The van der Waals surface area contributed by atoms with Gasteiger partial charge in [-0.1, -0.05) is 43.7 Å². The van der Waals surface area contributed by atoms with Gasteiger partial charge in [0, 0.05) is 18.6 Å². The molecule has 20 heavy (non-hydrogen) atoms. The fraction of sp³-hybridized carbons (Fsp3) is 0.667. The van der Waals surface area contributed by atoms with Crippen LogP contribution in [-0.2, 0) is 0 Å². The minimum absolute atomic E-state index is 0.121. The summed E-state index contributed by atoms with van der Waals surface area (Å²) in [6.07, 6.45) is 5.29. The molecular formula is C18H30N2. The van der Waals surface area contributed by atoms with Crippen LogP contribution in [0.15, 0.2) is 24.3 Å². The number of nitrogens with two attached hydrogens (primary N) is 1. The second-order valence-corrected chi connectivity index (χ2v) is 7.35. The lowest BCUT2D eigenvalue weighted by Crippen LogP contribution is -2.40. The Balaban J connectivity index is 1.88. The number of likely N-dealkylation sites (N-methyl/N-ethyl adjacent to an activating group) is 1. The first kappa shape index (κ1) is 15.5. The minimum atomic E-state index is 0.121. The zero-order valence-corrected chi connectivity index (χ0v) is 13.5. The van der Waals surface area contributed by atoms with Gasteiger partial charge in [0.15, 0.2) is 0 Å². The van der Waals surface area contributed by atoms with E-state index in [1.54, 1.807) is 0 Å². The smallest absolute Gasteiger partial charge is 0.0424 e. The van der Waals surface area contributed by atoms with Gasteiger partial charge in [-0.15, -0.1) is 0 Å². The van der Waals surface area contributed by atoms with Crippen molar-refractivity contribution in [1.82, 2.24) is 4.90 Å². The molecular weight excluding hydrogens is 244 g/mol. The van der Waals surface area contributed by atoms with Crippen molar-refractivity contribution in [2.24, 2.45) is 11.1 Å². The van der Waals surface area contributed by atoms with E-state index in [9.17, 15) is 0 Å². The fourth-order valence-electron chi connectivity index (χ4n) is 3.20. The number of hydrogen-bond acceptors (Lipinski definition) is 2. The Morgan fingerprint density at radius 1 is 1.20 bits per heavy atom. The van der Waals surface area contributed by atoms with E-state index in [0.717, 1.165) is 6.54 Å². The van der Waals surface area contributed by atoms with Crippen LogP contribution >= 0.6 is 0 Å². The number of hydrogen-bond donors (Lipinski definition) is 1. The molecule has 1 aromatic carbocycles. The van der Waals surface area contributed by atoms with Crippen molar-refractivity contribution in [3.8, 4) is 0 Å². The maximum absolute atomic E-state index is 6.36. The first-order valence-electron chi connectivity index (χ1n) is 7.90. The largest absolute Gasteiger partial charge is 0.323 e.